The van der Waals surface area contributed by atoms with Crippen molar-refractivity contribution >= 4 is 0 Å². The predicted molar refractivity (Wildman–Crippen MR) is 85.8 cm³/mol. The molecule has 0 spiro atoms. The van der Waals surface area contributed by atoms with Gasteiger partial charge < -0.3 is 5.32 Å². The molecule has 3 heteroatoms. The van der Waals surface area contributed by atoms with Gasteiger partial charge in [-0.1, -0.05) is 24.3 Å². The Morgan fingerprint density at radius 1 is 1.00 bits per heavy atom. The van der Waals surface area contributed by atoms with E-state index in [-0.39, 0.29) is 0 Å². The lowest BCUT2D eigenvalue weighted by molar-refractivity contribution is 0.0590. The molecule has 0 saturated carbocycles. The average Bonchev–Trinajstić information content (AvgIpc) is 2.41. The van der Waals surface area contributed by atoms with Gasteiger partial charge in [0.25, 0.3) is 0 Å². The molecule has 0 aromatic heterocycles. The van der Waals surface area contributed by atoms with Gasteiger partial charge in [0.1, 0.15) is 0 Å². The van der Waals surface area contributed by atoms with E-state index in [1.807, 2.05) is 7.05 Å². The Labute approximate surface area is 124 Å². The predicted octanol–water partition coefficient (Wildman–Crippen LogP) is 2.32. The van der Waals surface area contributed by atoms with Crippen LogP contribution in [0.1, 0.15) is 31.9 Å². The molecular formula is C17H29N3. The largest absolute Gasteiger partial charge is 0.316 e. The summed E-state index contributed by atoms with van der Waals surface area (Å²) in [5.74, 6) is 0. The fourth-order valence-corrected chi connectivity index (χ4v) is 2.89. The molecule has 1 aromatic carbocycles. The van der Waals surface area contributed by atoms with Crippen molar-refractivity contribution in [2.45, 2.75) is 39.4 Å². The van der Waals surface area contributed by atoms with Crippen LogP contribution >= 0.6 is 0 Å². The van der Waals surface area contributed by atoms with Crippen LogP contribution in [0.15, 0.2) is 24.3 Å². The second-order valence-corrected chi connectivity index (χ2v) is 6.73. The molecule has 1 heterocycles. The van der Waals surface area contributed by atoms with E-state index in [2.05, 4.69) is 60.2 Å². The molecule has 0 bridgehead atoms. The Morgan fingerprint density at radius 2 is 1.60 bits per heavy atom. The number of hydrogen-bond acceptors (Lipinski definition) is 3. The highest BCUT2D eigenvalue weighted by atomic mass is 15.3. The minimum atomic E-state index is 0.302. The van der Waals surface area contributed by atoms with Crippen LogP contribution in [-0.4, -0.2) is 48.6 Å². The number of benzene rings is 1. The molecule has 0 radical (unpaired) electrons. The zero-order valence-electron chi connectivity index (χ0n) is 13.4. The number of piperazine rings is 1. The first kappa shape index (κ1) is 15.5. The van der Waals surface area contributed by atoms with Crippen molar-refractivity contribution < 1.29 is 0 Å². The standard InChI is InChI=1S/C17H29N3/c1-17(2,3)20-11-9-19(10-12-20)14-16-8-6-5-7-15(16)13-18-4/h5-8,18H,9-14H2,1-4H3. The maximum atomic E-state index is 3.26. The third-order valence-corrected chi connectivity index (χ3v) is 4.20. The van der Waals surface area contributed by atoms with Gasteiger partial charge >= 0.3 is 0 Å². The van der Waals surface area contributed by atoms with Crippen LogP contribution in [0, 0.1) is 0 Å². The summed E-state index contributed by atoms with van der Waals surface area (Å²) in [7, 11) is 2.01. The van der Waals surface area contributed by atoms with Gasteiger partial charge in [-0.05, 0) is 38.9 Å². The summed E-state index contributed by atoms with van der Waals surface area (Å²) in [4.78, 5) is 5.17. The molecule has 1 aliphatic rings. The van der Waals surface area contributed by atoms with Gasteiger partial charge in [0.15, 0.2) is 0 Å². The fraction of sp³-hybridized carbons (Fsp3) is 0.647. The lowest BCUT2D eigenvalue weighted by atomic mass is 10.0. The summed E-state index contributed by atoms with van der Waals surface area (Å²) in [5.41, 5.74) is 3.19. The van der Waals surface area contributed by atoms with Crippen molar-refractivity contribution in [3.8, 4) is 0 Å². The minimum Gasteiger partial charge on any atom is -0.316 e. The van der Waals surface area contributed by atoms with Crippen LogP contribution in [0.5, 0.6) is 0 Å². The number of nitrogens with one attached hydrogen (secondary N) is 1. The van der Waals surface area contributed by atoms with E-state index in [1.54, 1.807) is 0 Å². The van der Waals surface area contributed by atoms with E-state index in [9.17, 15) is 0 Å². The van der Waals surface area contributed by atoms with Crippen LogP contribution in [0.4, 0.5) is 0 Å². The molecule has 3 nitrogen and oxygen atoms in total. The van der Waals surface area contributed by atoms with Crippen LogP contribution in [0.3, 0.4) is 0 Å². The number of rotatable bonds is 4. The van der Waals surface area contributed by atoms with Crippen molar-refractivity contribution in [2.24, 2.45) is 0 Å². The van der Waals surface area contributed by atoms with Gasteiger partial charge in [-0.2, -0.15) is 0 Å². The van der Waals surface area contributed by atoms with Crippen LogP contribution in [0.25, 0.3) is 0 Å². The Morgan fingerprint density at radius 3 is 2.15 bits per heavy atom. The van der Waals surface area contributed by atoms with Gasteiger partial charge in [0.2, 0.25) is 0 Å². The second-order valence-electron chi connectivity index (χ2n) is 6.73. The average molecular weight is 275 g/mol. The Balaban J connectivity index is 1.93. The quantitative estimate of drug-likeness (QED) is 0.910. The van der Waals surface area contributed by atoms with E-state index in [0.717, 1.165) is 13.1 Å². The maximum absolute atomic E-state index is 3.26. The van der Waals surface area contributed by atoms with Gasteiger partial charge in [-0.25, -0.2) is 0 Å². The summed E-state index contributed by atoms with van der Waals surface area (Å²) < 4.78 is 0. The fourth-order valence-electron chi connectivity index (χ4n) is 2.89. The molecule has 1 aromatic rings. The highest BCUT2D eigenvalue weighted by Crippen LogP contribution is 2.18. The lowest BCUT2D eigenvalue weighted by Gasteiger charge is -2.42. The van der Waals surface area contributed by atoms with Crippen molar-refractivity contribution in [2.75, 3.05) is 33.2 Å². The zero-order chi connectivity index (χ0) is 14.6. The van der Waals surface area contributed by atoms with Crippen LogP contribution in [0.2, 0.25) is 0 Å². The smallest absolute Gasteiger partial charge is 0.0238 e. The molecule has 0 atom stereocenters. The van der Waals surface area contributed by atoms with E-state index in [4.69, 9.17) is 0 Å². The molecule has 112 valence electrons. The minimum absolute atomic E-state index is 0.302. The van der Waals surface area contributed by atoms with Gasteiger partial charge in [0, 0.05) is 44.8 Å². The summed E-state index contributed by atoms with van der Waals surface area (Å²) in [5, 5.41) is 3.26. The first-order valence-corrected chi connectivity index (χ1v) is 7.69. The van der Waals surface area contributed by atoms with Crippen molar-refractivity contribution in [3.63, 3.8) is 0 Å². The summed E-state index contributed by atoms with van der Waals surface area (Å²) in [6.07, 6.45) is 0. The monoisotopic (exact) mass is 275 g/mol. The van der Waals surface area contributed by atoms with E-state index in [1.165, 1.54) is 37.3 Å². The van der Waals surface area contributed by atoms with E-state index >= 15 is 0 Å². The summed E-state index contributed by atoms with van der Waals surface area (Å²) >= 11 is 0. The third-order valence-electron chi connectivity index (χ3n) is 4.20. The first-order chi connectivity index (χ1) is 9.50. The molecule has 20 heavy (non-hydrogen) atoms. The Bertz CT molecular complexity index is 414. The SMILES string of the molecule is CNCc1ccccc1CN1CCN(C(C)(C)C)CC1. The molecule has 0 aliphatic carbocycles. The molecule has 0 unspecified atom stereocenters. The second kappa shape index (κ2) is 6.70. The van der Waals surface area contributed by atoms with Crippen molar-refractivity contribution in [1.82, 2.24) is 15.1 Å². The topological polar surface area (TPSA) is 18.5 Å². The third kappa shape index (κ3) is 4.05. The normalized spacial score (nSPS) is 18.4. The number of hydrogen-bond donors (Lipinski definition) is 1. The summed E-state index contributed by atoms with van der Waals surface area (Å²) in [6, 6.07) is 8.79. The van der Waals surface area contributed by atoms with Crippen LogP contribution in [-0.2, 0) is 13.1 Å². The van der Waals surface area contributed by atoms with Gasteiger partial charge in [-0.15, -0.1) is 0 Å². The number of nitrogens with zero attached hydrogens (tertiary/aromatic N) is 2. The molecule has 1 saturated heterocycles. The van der Waals surface area contributed by atoms with Crippen molar-refractivity contribution in [1.29, 1.82) is 0 Å². The van der Waals surface area contributed by atoms with Gasteiger partial charge in [0.05, 0.1) is 0 Å². The van der Waals surface area contributed by atoms with Gasteiger partial charge in [-0.3, -0.25) is 9.80 Å². The molecule has 1 fully saturated rings. The Kier molecular flexibility index (Phi) is 5.19. The summed E-state index contributed by atoms with van der Waals surface area (Å²) in [6.45, 7) is 13.7. The molecule has 1 aliphatic heterocycles. The zero-order valence-corrected chi connectivity index (χ0v) is 13.4. The molecular weight excluding hydrogens is 246 g/mol. The van der Waals surface area contributed by atoms with Crippen molar-refractivity contribution in [3.05, 3.63) is 35.4 Å². The molecule has 0 amide bonds. The van der Waals surface area contributed by atoms with E-state index in [0.29, 0.717) is 5.54 Å². The Hall–Kier alpha value is -0.900. The highest BCUT2D eigenvalue weighted by molar-refractivity contribution is 5.27. The molecule has 2 rings (SSSR count). The highest BCUT2D eigenvalue weighted by Gasteiger charge is 2.25. The maximum Gasteiger partial charge on any atom is 0.0238 e. The first-order valence-electron chi connectivity index (χ1n) is 7.69. The molecule has 1 N–H and O–H groups in total. The lowest BCUT2D eigenvalue weighted by Crippen LogP contribution is -2.53. The van der Waals surface area contributed by atoms with Crippen LogP contribution < -0.4 is 5.32 Å². The van der Waals surface area contributed by atoms with E-state index < -0.39 is 0 Å².